The number of hydrogen-bond acceptors (Lipinski definition) is 4. The van der Waals surface area contributed by atoms with E-state index in [9.17, 15) is 14.4 Å². The summed E-state index contributed by atoms with van der Waals surface area (Å²) >= 11 is 0. The minimum atomic E-state index is -0.945. The highest BCUT2D eigenvalue weighted by Crippen LogP contribution is 2.15. The van der Waals surface area contributed by atoms with E-state index in [0.717, 1.165) is 0 Å². The quantitative estimate of drug-likeness (QED) is 0.522. The van der Waals surface area contributed by atoms with Crippen molar-refractivity contribution in [3.63, 3.8) is 0 Å². The molecule has 0 saturated heterocycles. The van der Waals surface area contributed by atoms with Gasteiger partial charge in [-0.05, 0) is 24.3 Å². The van der Waals surface area contributed by atoms with Gasteiger partial charge in [-0.1, -0.05) is 0 Å². The van der Waals surface area contributed by atoms with Gasteiger partial charge in [0, 0.05) is 12.6 Å². The summed E-state index contributed by atoms with van der Waals surface area (Å²) in [7, 11) is 0. The Bertz CT molecular complexity index is 441. The lowest BCUT2D eigenvalue weighted by molar-refractivity contribution is -0.131. The number of esters is 1. The third kappa shape index (κ3) is 4.65. The fraction of sp³-hybridized carbons (Fsp3) is 0.100. The van der Waals surface area contributed by atoms with Crippen molar-refractivity contribution in [3.8, 4) is 5.75 Å². The third-order valence-electron chi connectivity index (χ3n) is 1.61. The lowest BCUT2D eigenvalue weighted by Gasteiger charge is -2.05. The molecule has 0 heterocycles. The summed E-state index contributed by atoms with van der Waals surface area (Å²) < 4.78 is 4.80. The zero-order valence-corrected chi connectivity index (χ0v) is 9.02. The maximum Gasteiger partial charge on any atom is 0.327 e. The van der Waals surface area contributed by atoms with E-state index in [-0.39, 0.29) is 0 Å². The number of anilines is 1. The van der Waals surface area contributed by atoms with Crippen molar-refractivity contribution < 1.29 is 19.1 Å². The van der Waals surface area contributed by atoms with Gasteiger partial charge in [-0.25, -0.2) is 9.59 Å². The number of benzene rings is 1. The van der Waals surface area contributed by atoms with E-state index in [1.54, 1.807) is 0 Å². The number of urea groups is 2. The number of hydrogen-bond donors (Lipinski definition) is 3. The van der Waals surface area contributed by atoms with Crippen LogP contribution >= 0.6 is 0 Å². The van der Waals surface area contributed by atoms with E-state index < -0.39 is 18.0 Å². The Labute approximate surface area is 96.9 Å². The molecule has 1 aromatic carbocycles. The second-order valence-electron chi connectivity index (χ2n) is 3.06. The summed E-state index contributed by atoms with van der Waals surface area (Å²) in [5.41, 5.74) is 5.19. The molecule has 1 aromatic rings. The predicted molar refractivity (Wildman–Crippen MR) is 59.5 cm³/mol. The highest BCUT2D eigenvalue weighted by atomic mass is 16.5. The molecule has 0 fully saturated rings. The Kier molecular flexibility index (Phi) is 4.04. The summed E-state index contributed by atoms with van der Waals surface area (Å²) in [6.45, 7) is 1.28. The normalized spacial score (nSPS) is 9.24. The number of nitrogens with one attached hydrogen (secondary N) is 2. The van der Waals surface area contributed by atoms with Gasteiger partial charge < -0.3 is 15.8 Å². The molecule has 0 bridgehead atoms. The zero-order valence-electron chi connectivity index (χ0n) is 9.02. The average molecular weight is 237 g/mol. The first kappa shape index (κ1) is 12.5. The van der Waals surface area contributed by atoms with Crippen LogP contribution < -0.4 is 21.1 Å². The summed E-state index contributed by atoms with van der Waals surface area (Å²) in [5.74, 6) is -0.0736. The molecule has 4 amide bonds. The first-order valence-electron chi connectivity index (χ1n) is 4.63. The molecular formula is C10H11N3O4. The van der Waals surface area contributed by atoms with Gasteiger partial charge in [0.2, 0.25) is 0 Å². The Morgan fingerprint density at radius 3 is 2.24 bits per heavy atom. The Hall–Kier alpha value is -2.57. The van der Waals surface area contributed by atoms with Crippen molar-refractivity contribution in [2.75, 3.05) is 5.32 Å². The minimum absolute atomic E-state index is 0.360. The minimum Gasteiger partial charge on any atom is -0.427 e. The summed E-state index contributed by atoms with van der Waals surface area (Å²) in [6.07, 6.45) is 0. The number of ether oxygens (including phenoxy) is 1. The fourth-order valence-electron chi connectivity index (χ4n) is 1.05. The van der Waals surface area contributed by atoms with Crippen molar-refractivity contribution >= 4 is 23.7 Å². The summed E-state index contributed by atoms with van der Waals surface area (Å²) in [6, 6.07) is 4.34. The molecule has 0 aliphatic heterocycles. The number of primary amides is 1. The zero-order chi connectivity index (χ0) is 12.8. The van der Waals surface area contributed by atoms with Crippen LogP contribution in [0.4, 0.5) is 15.3 Å². The van der Waals surface area contributed by atoms with Crippen LogP contribution in [0.1, 0.15) is 6.92 Å². The van der Waals surface area contributed by atoms with Crippen LogP contribution in [0, 0.1) is 0 Å². The molecule has 17 heavy (non-hydrogen) atoms. The van der Waals surface area contributed by atoms with Crippen LogP contribution in [0.2, 0.25) is 0 Å². The molecule has 0 aliphatic carbocycles. The van der Waals surface area contributed by atoms with Crippen molar-refractivity contribution in [1.82, 2.24) is 5.32 Å². The lowest BCUT2D eigenvalue weighted by atomic mass is 10.3. The molecule has 4 N–H and O–H groups in total. The molecule has 0 aromatic heterocycles. The molecular weight excluding hydrogens is 226 g/mol. The van der Waals surface area contributed by atoms with Crippen LogP contribution in [0.15, 0.2) is 24.3 Å². The lowest BCUT2D eigenvalue weighted by Crippen LogP contribution is -2.38. The van der Waals surface area contributed by atoms with Gasteiger partial charge in [0.25, 0.3) is 0 Å². The number of carbonyl (C=O) groups excluding carboxylic acids is 3. The smallest absolute Gasteiger partial charge is 0.327 e. The van der Waals surface area contributed by atoms with E-state index in [1.165, 1.54) is 31.2 Å². The van der Waals surface area contributed by atoms with Crippen molar-refractivity contribution in [1.29, 1.82) is 0 Å². The highest BCUT2D eigenvalue weighted by Gasteiger charge is 2.04. The third-order valence-corrected chi connectivity index (χ3v) is 1.61. The van der Waals surface area contributed by atoms with Gasteiger partial charge in [0.15, 0.2) is 0 Å². The predicted octanol–water partition coefficient (Wildman–Crippen LogP) is 0.812. The first-order valence-corrected chi connectivity index (χ1v) is 4.63. The van der Waals surface area contributed by atoms with Crippen molar-refractivity contribution in [2.45, 2.75) is 6.92 Å². The molecule has 0 unspecified atom stereocenters. The Morgan fingerprint density at radius 2 is 1.76 bits per heavy atom. The SMILES string of the molecule is CC(=O)Oc1ccc(NC(=O)NC(N)=O)cc1. The molecule has 1 rings (SSSR count). The highest BCUT2D eigenvalue weighted by molar-refractivity contribution is 6.00. The second kappa shape index (κ2) is 5.50. The topological polar surface area (TPSA) is 111 Å². The van der Waals surface area contributed by atoms with Crippen LogP contribution in [-0.2, 0) is 4.79 Å². The molecule has 0 radical (unpaired) electrons. The number of carbonyl (C=O) groups is 3. The number of rotatable bonds is 2. The molecule has 0 saturated carbocycles. The number of imide groups is 1. The molecule has 0 aliphatic rings. The van der Waals surface area contributed by atoms with E-state index >= 15 is 0 Å². The van der Waals surface area contributed by atoms with Crippen LogP contribution in [0.25, 0.3) is 0 Å². The van der Waals surface area contributed by atoms with Crippen LogP contribution in [-0.4, -0.2) is 18.0 Å². The van der Waals surface area contributed by atoms with Gasteiger partial charge in [0.05, 0.1) is 0 Å². The molecule has 0 atom stereocenters. The van der Waals surface area contributed by atoms with Gasteiger partial charge in [-0.2, -0.15) is 0 Å². The number of nitrogens with two attached hydrogens (primary N) is 1. The van der Waals surface area contributed by atoms with E-state index in [2.05, 4.69) is 5.32 Å². The standard InChI is InChI=1S/C10H11N3O4/c1-6(14)17-8-4-2-7(3-5-8)12-10(16)13-9(11)15/h2-5H,1H3,(H4,11,12,13,15,16). The Morgan fingerprint density at radius 1 is 1.18 bits per heavy atom. The monoisotopic (exact) mass is 237 g/mol. The molecule has 7 nitrogen and oxygen atoms in total. The Balaban J connectivity index is 2.59. The van der Waals surface area contributed by atoms with Gasteiger partial charge in [0.1, 0.15) is 5.75 Å². The maximum atomic E-state index is 11.1. The van der Waals surface area contributed by atoms with Gasteiger partial charge in [-0.15, -0.1) is 0 Å². The van der Waals surface area contributed by atoms with Crippen molar-refractivity contribution in [3.05, 3.63) is 24.3 Å². The average Bonchev–Trinajstić information content (AvgIpc) is 2.18. The van der Waals surface area contributed by atoms with E-state index in [0.29, 0.717) is 11.4 Å². The van der Waals surface area contributed by atoms with E-state index in [1.807, 2.05) is 5.32 Å². The van der Waals surface area contributed by atoms with Crippen LogP contribution in [0.3, 0.4) is 0 Å². The largest absolute Gasteiger partial charge is 0.427 e. The molecule has 0 spiro atoms. The first-order chi connectivity index (χ1) is 7.97. The van der Waals surface area contributed by atoms with Crippen molar-refractivity contribution in [2.24, 2.45) is 5.73 Å². The van der Waals surface area contributed by atoms with Gasteiger partial charge in [-0.3, -0.25) is 10.1 Å². The van der Waals surface area contributed by atoms with Crippen LogP contribution in [0.5, 0.6) is 5.75 Å². The summed E-state index contributed by atoms with van der Waals surface area (Å²) in [4.78, 5) is 32.1. The summed E-state index contributed by atoms with van der Waals surface area (Å²) in [5, 5.41) is 4.20. The van der Waals surface area contributed by atoms with E-state index in [4.69, 9.17) is 10.5 Å². The molecule has 7 heteroatoms. The van der Waals surface area contributed by atoms with Gasteiger partial charge >= 0.3 is 18.0 Å². The maximum absolute atomic E-state index is 11.1. The molecule has 90 valence electrons. The second-order valence-corrected chi connectivity index (χ2v) is 3.06. The fourth-order valence-corrected chi connectivity index (χ4v) is 1.05. The number of amides is 4.